The molecular weight excluding hydrogens is 332 g/mol. The Kier molecular flexibility index (Phi) is 7.32. The van der Waals surface area contributed by atoms with Crippen LogP contribution in [-0.2, 0) is 11.2 Å². The second-order valence-corrected chi connectivity index (χ2v) is 7.06. The van der Waals surface area contributed by atoms with E-state index in [1.54, 1.807) is 6.20 Å². The third-order valence-electron chi connectivity index (χ3n) is 3.68. The number of aryl methyl sites for hydroxylation is 1. The molecule has 0 saturated carbocycles. The molecule has 0 aromatic carbocycles. The second kappa shape index (κ2) is 8.49. The quantitative estimate of drug-likeness (QED) is 0.752. The van der Waals surface area contributed by atoms with Crippen molar-refractivity contribution in [2.45, 2.75) is 52.6 Å². The van der Waals surface area contributed by atoms with Gasteiger partial charge in [-0.2, -0.15) is 0 Å². The first kappa shape index (κ1) is 18.1. The zero-order valence-electron chi connectivity index (χ0n) is 13.0. The molecule has 1 amide bonds. The number of aliphatic hydroxyl groups is 1. The zero-order chi connectivity index (χ0) is 15.9. The van der Waals surface area contributed by atoms with Gasteiger partial charge in [-0.05, 0) is 46.3 Å². The number of aromatic nitrogens is 1. The van der Waals surface area contributed by atoms with E-state index in [4.69, 9.17) is 0 Å². The van der Waals surface area contributed by atoms with Crippen LogP contribution in [0.3, 0.4) is 0 Å². The third-order valence-corrected chi connectivity index (χ3v) is 4.15. The first-order valence-corrected chi connectivity index (χ1v) is 8.17. The summed E-state index contributed by atoms with van der Waals surface area (Å²) in [7, 11) is 0. The van der Waals surface area contributed by atoms with Gasteiger partial charge in [-0.1, -0.05) is 27.2 Å². The molecular formula is C16H25BrN2O2. The van der Waals surface area contributed by atoms with Crippen LogP contribution in [0.5, 0.6) is 0 Å². The van der Waals surface area contributed by atoms with Crippen molar-refractivity contribution < 1.29 is 9.90 Å². The Morgan fingerprint density at radius 3 is 2.76 bits per heavy atom. The molecule has 0 bridgehead atoms. The van der Waals surface area contributed by atoms with E-state index in [1.165, 1.54) is 0 Å². The number of pyridine rings is 1. The highest BCUT2D eigenvalue weighted by Gasteiger charge is 2.20. The molecule has 0 aliphatic carbocycles. The fourth-order valence-electron chi connectivity index (χ4n) is 1.97. The van der Waals surface area contributed by atoms with Crippen LogP contribution in [0, 0.1) is 5.41 Å². The summed E-state index contributed by atoms with van der Waals surface area (Å²) in [6.45, 7) is 6.67. The summed E-state index contributed by atoms with van der Waals surface area (Å²) in [5, 5.41) is 12.7. The van der Waals surface area contributed by atoms with Crippen molar-refractivity contribution in [2.75, 3.05) is 6.54 Å². The Hall–Kier alpha value is -0.940. The molecule has 0 fully saturated rings. The topological polar surface area (TPSA) is 62.2 Å². The van der Waals surface area contributed by atoms with E-state index in [1.807, 2.05) is 12.1 Å². The van der Waals surface area contributed by atoms with Gasteiger partial charge >= 0.3 is 0 Å². The number of hydrogen-bond acceptors (Lipinski definition) is 3. The average Bonchev–Trinajstić information content (AvgIpc) is 2.44. The Bertz CT molecular complexity index is 446. The van der Waals surface area contributed by atoms with Crippen molar-refractivity contribution in [3.8, 4) is 0 Å². The van der Waals surface area contributed by atoms with Gasteiger partial charge in [-0.3, -0.25) is 9.78 Å². The lowest BCUT2D eigenvalue weighted by Crippen LogP contribution is -2.34. The van der Waals surface area contributed by atoms with E-state index in [0.29, 0.717) is 25.8 Å². The van der Waals surface area contributed by atoms with Crippen molar-refractivity contribution in [3.05, 3.63) is 28.5 Å². The van der Waals surface area contributed by atoms with Gasteiger partial charge in [0.2, 0.25) is 5.91 Å². The number of aliphatic hydroxyl groups excluding tert-OH is 1. The summed E-state index contributed by atoms with van der Waals surface area (Å²) in [5.41, 5.74) is 0.992. The number of amides is 1. The van der Waals surface area contributed by atoms with Crippen molar-refractivity contribution in [3.63, 3.8) is 0 Å². The van der Waals surface area contributed by atoms with Gasteiger partial charge in [0.15, 0.2) is 0 Å². The molecule has 0 aliphatic rings. The summed E-state index contributed by atoms with van der Waals surface area (Å²) in [5.74, 6) is -0.0481. The number of nitrogens with one attached hydrogen (secondary N) is 1. The van der Waals surface area contributed by atoms with Crippen LogP contribution in [0.2, 0.25) is 0 Å². The standard InChI is InChI=1S/C16H25BrN2O2/c1-4-16(2,3)9-14(20)11-19-15(21)8-7-13-6-5-12(17)10-18-13/h5-6,10,14,20H,4,7-9,11H2,1-3H3,(H,19,21). The van der Waals surface area contributed by atoms with E-state index in [9.17, 15) is 9.90 Å². The Labute approximate surface area is 135 Å². The largest absolute Gasteiger partial charge is 0.391 e. The van der Waals surface area contributed by atoms with Crippen molar-refractivity contribution >= 4 is 21.8 Å². The predicted octanol–water partition coefficient (Wildman–Crippen LogP) is 3.08. The van der Waals surface area contributed by atoms with Gasteiger partial charge < -0.3 is 10.4 Å². The van der Waals surface area contributed by atoms with Crippen molar-refractivity contribution in [1.82, 2.24) is 10.3 Å². The molecule has 1 heterocycles. The molecule has 1 aromatic rings. The van der Waals surface area contributed by atoms with Gasteiger partial charge in [-0.25, -0.2) is 0 Å². The lowest BCUT2D eigenvalue weighted by atomic mass is 9.84. The van der Waals surface area contributed by atoms with Crippen LogP contribution in [0.25, 0.3) is 0 Å². The minimum absolute atomic E-state index is 0.0481. The highest BCUT2D eigenvalue weighted by atomic mass is 79.9. The normalized spacial score (nSPS) is 13.0. The second-order valence-electron chi connectivity index (χ2n) is 6.15. The smallest absolute Gasteiger partial charge is 0.220 e. The van der Waals surface area contributed by atoms with E-state index in [2.05, 4.69) is 47.0 Å². The summed E-state index contributed by atoms with van der Waals surface area (Å²) in [4.78, 5) is 16.0. The Balaban J connectivity index is 2.26. The molecule has 0 radical (unpaired) electrons. The molecule has 2 N–H and O–H groups in total. The molecule has 1 aromatic heterocycles. The van der Waals surface area contributed by atoms with Gasteiger partial charge in [0.1, 0.15) is 0 Å². The number of hydrogen-bond donors (Lipinski definition) is 2. The molecule has 118 valence electrons. The van der Waals surface area contributed by atoms with Crippen LogP contribution in [0.15, 0.2) is 22.8 Å². The van der Waals surface area contributed by atoms with Crippen LogP contribution < -0.4 is 5.32 Å². The fraction of sp³-hybridized carbons (Fsp3) is 0.625. The summed E-state index contributed by atoms with van der Waals surface area (Å²) >= 11 is 3.33. The molecule has 1 rings (SSSR count). The molecule has 1 unspecified atom stereocenters. The monoisotopic (exact) mass is 356 g/mol. The van der Waals surface area contributed by atoms with Crippen LogP contribution in [0.4, 0.5) is 0 Å². The Morgan fingerprint density at radius 1 is 1.48 bits per heavy atom. The van der Waals surface area contributed by atoms with Crippen molar-refractivity contribution in [1.29, 1.82) is 0 Å². The first-order valence-electron chi connectivity index (χ1n) is 7.37. The SMILES string of the molecule is CCC(C)(C)CC(O)CNC(=O)CCc1ccc(Br)cn1. The maximum Gasteiger partial charge on any atom is 0.220 e. The van der Waals surface area contributed by atoms with E-state index in [-0.39, 0.29) is 11.3 Å². The number of carbonyl (C=O) groups is 1. The lowest BCUT2D eigenvalue weighted by Gasteiger charge is -2.25. The maximum absolute atomic E-state index is 11.8. The van der Waals surface area contributed by atoms with Gasteiger partial charge in [-0.15, -0.1) is 0 Å². The van der Waals surface area contributed by atoms with Crippen LogP contribution in [0.1, 0.15) is 45.7 Å². The van der Waals surface area contributed by atoms with E-state index >= 15 is 0 Å². The highest BCUT2D eigenvalue weighted by Crippen LogP contribution is 2.25. The lowest BCUT2D eigenvalue weighted by molar-refractivity contribution is -0.121. The molecule has 21 heavy (non-hydrogen) atoms. The minimum Gasteiger partial charge on any atom is -0.391 e. The summed E-state index contributed by atoms with van der Waals surface area (Å²) in [6, 6.07) is 3.81. The average molecular weight is 357 g/mol. The number of nitrogens with zero attached hydrogens (tertiary/aromatic N) is 1. The molecule has 0 saturated heterocycles. The van der Waals surface area contributed by atoms with Crippen molar-refractivity contribution in [2.24, 2.45) is 5.41 Å². The molecule has 1 atom stereocenters. The zero-order valence-corrected chi connectivity index (χ0v) is 14.6. The van der Waals surface area contributed by atoms with Crippen LogP contribution in [-0.4, -0.2) is 28.6 Å². The number of rotatable bonds is 8. The minimum atomic E-state index is -0.491. The van der Waals surface area contributed by atoms with Gasteiger partial charge in [0.25, 0.3) is 0 Å². The van der Waals surface area contributed by atoms with Gasteiger partial charge in [0, 0.05) is 29.3 Å². The Morgan fingerprint density at radius 2 is 2.19 bits per heavy atom. The number of halogens is 1. The summed E-state index contributed by atoms with van der Waals surface area (Å²) < 4.78 is 0.928. The van der Waals surface area contributed by atoms with Crippen LogP contribution >= 0.6 is 15.9 Å². The first-order chi connectivity index (χ1) is 9.82. The maximum atomic E-state index is 11.8. The molecule has 0 spiro atoms. The predicted molar refractivity (Wildman–Crippen MR) is 88.0 cm³/mol. The third kappa shape index (κ3) is 7.58. The highest BCUT2D eigenvalue weighted by molar-refractivity contribution is 9.10. The number of carbonyl (C=O) groups excluding carboxylic acids is 1. The van der Waals surface area contributed by atoms with E-state index < -0.39 is 6.10 Å². The summed E-state index contributed by atoms with van der Waals surface area (Å²) in [6.07, 6.45) is 3.93. The van der Waals surface area contributed by atoms with E-state index in [0.717, 1.165) is 16.6 Å². The van der Waals surface area contributed by atoms with Gasteiger partial charge in [0.05, 0.1) is 6.10 Å². The molecule has 0 aliphatic heterocycles. The molecule has 5 heteroatoms. The molecule has 4 nitrogen and oxygen atoms in total. The fourth-order valence-corrected chi connectivity index (χ4v) is 2.20.